The molecule has 1 saturated heterocycles. The van der Waals surface area contributed by atoms with Crippen LogP contribution in [0.1, 0.15) is 30.4 Å². The lowest BCUT2D eigenvalue weighted by molar-refractivity contribution is -0.148. The van der Waals surface area contributed by atoms with Gasteiger partial charge in [0.25, 0.3) is 0 Å². The lowest BCUT2D eigenvalue weighted by atomic mass is 9.91. The Morgan fingerprint density at radius 1 is 1.40 bits per heavy atom. The number of esters is 1. The van der Waals surface area contributed by atoms with E-state index in [1.807, 2.05) is 41.1 Å². The molecule has 0 unspecified atom stereocenters. The number of unbranched alkanes of at least 4 members (excludes halogenated alkanes) is 1. The van der Waals surface area contributed by atoms with Gasteiger partial charge in [-0.15, -0.1) is 13.0 Å². The van der Waals surface area contributed by atoms with Gasteiger partial charge in [-0.2, -0.15) is 5.10 Å². The van der Waals surface area contributed by atoms with E-state index in [0.29, 0.717) is 18.9 Å². The van der Waals surface area contributed by atoms with E-state index in [0.717, 1.165) is 54.7 Å². The van der Waals surface area contributed by atoms with Crippen LogP contribution in [0.4, 0.5) is 11.5 Å². The Kier molecular flexibility index (Phi) is 8.14. The number of carbonyl (C=O) groups is 1. The number of hydrogen-bond acceptors (Lipinski definition) is 7. The molecule has 35 heavy (non-hydrogen) atoms. The van der Waals surface area contributed by atoms with E-state index in [9.17, 15) is 4.79 Å². The van der Waals surface area contributed by atoms with Crippen molar-refractivity contribution in [3.05, 3.63) is 66.6 Å². The van der Waals surface area contributed by atoms with Gasteiger partial charge >= 0.3 is 5.97 Å². The number of allylic oxidation sites excluding steroid dienone is 1. The minimum Gasteiger partial charge on any atom is -0.469 e. The predicted molar refractivity (Wildman–Crippen MR) is 137 cm³/mol. The van der Waals surface area contributed by atoms with Crippen molar-refractivity contribution in [1.82, 2.24) is 24.8 Å². The number of aromatic nitrogens is 3. The SMILES string of the molecule is C#Cc1cccc(Nc2ncnn3ccc(CN4CC[C@@H](NCCCC=C)[C@H](C(=O)OC)C4)c23)c1. The topological polar surface area (TPSA) is 83.8 Å². The van der Waals surface area contributed by atoms with Gasteiger partial charge in [0.15, 0.2) is 5.82 Å². The zero-order chi connectivity index (χ0) is 24.6. The van der Waals surface area contributed by atoms with Crippen LogP contribution < -0.4 is 10.6 Å². The van der Waals surface area contributed by atoms with Crippen LogP contribution in [0.5, 0.6) is 0 Å². The first-order valence-corrected chi connectivity index (χ1v) is 11.9. The Morgan fingerprint density at radius 3 is 3.09 bits per heavy atom. The first-order chi connectivity index (χ1) is 17.1. The number of anilines is 2. The van der Waals surface area contributed by atoms with E-state index in [1.165, 1.54) is 13.4 Å². The molecule has 3 aromatic rings. The third-order valence-corrected chi connectivity index (χ3v) is 6.42. The molecule has 8 heteroatoms. The monoisotopic (exact) mass is 472 g/mol. The minimum atomic E-state index is -0.216. The molecule has 8 nitrogen and oxygen atoms in total. The fourth-order valence-electron chi connectivity index (χ4n) is 4.63. The summed E-state index contributed by atoms with van der Waals surface area (Å²) in [5, 5.41) is 11.3. The van der Waals surface area contributed by atoms with Crippen molar-refractivity contribution in [2.24, 2.45) is 5.92 Å². The number of terminal acetylenes is 1. The molecule has 1 aliphatic heterocycles. The number of hydrogen-bond donors (Lipinski definition) is 2. The summed E-state index contributed by atoms with van der Waals surface area (Å²) in [6.07, 6.45) is 13.8. The Labute approximate surface area is 206 Å². The van der Waals surface area contributed by atoms with Crippen molar-refractivity contribution in [2.45, 2.75) is 31.8 Å². The van der Waals surface area contributed by atoms with Gasteiger partial charge in [-0.25, -0.2) is 9.50 Å². The molecule has 0 spiro atoms. The van der Waals surface area contributed by atoms with Gasteiger partial charge < -0.3 is 15.4 Å². The average Bonchev–Trinajstić information content (AvgIpc) is 3.30. The van der Waals surface area contributed by atoms with Crippen molar-refractivity contribution in [2.75, 3.05) is 32.1 Å². The van der Waals surface area contributed by atoms with E-state index < -0.39 is 0 Å². The summed E-state index contributed by atoms with van der Waals surface area (Å²) >= 11 is 0. The second-order valence-corrected chi connectivity index (χ2v) is 8.74. The molecule has 182 valence electrons. The molecule has 1 aliphatic rings. The van der Waals surface area contributed by atoms with E-state index >= 15 is 0 Å². The molecule has 4 rings (SSSR count). The molecule has 0 amide bonds. The number of fused-ring (bicyclic) bond motifs is 1. The van der Waals surface area contributed by atoms with Crippen LogP contribution in [-0.4, -0.2) is 58.3 Å². The van der Waals surface area contributed by atoms with Crippen LogP contribution in [0.2, 0.25) is 0 Å². The molecule has 1 fully saturated rings. The maximum atomic E-state index is 12.6. The molecule has 0 radical (unpaired) electrons. The summed E-state index contributed by atoms with van der Waals surface area (Å²) in [5.41, 5.74) is 3.65. The third kappa shape index (κ3) is 5.88. The molecule has 2 N–H and O–H groups in total. The Balaban J connectivity index is 1.50. The zero-order valence-corrected chi connectivity index (χ0v) is 20.1. The second kappa shape index (κ2) is 11.6. The molecule has 2 aromatic heterocycles. The first kappa shape index (κ1) is 24.5. The minimum absolute atomic E-state index is 0.110. The number of nitrogens with zero attached hydrogens (tertiary/aromatic N) is 4. The number of nitrogens with one attached hydrogen (secondary N) is 2. The molecule has 2 atom stereocenters. The average molecular weight is 473 g/mol. The highest BCUT2D eigenvalue weighted by Gasteiger charge is 2.35. The Bertz CT molecular complexity index is 1210. The highest BCUT2D eigenvalue weighted by molar-refractivity contribution is 5.77. The van der Waals surface area contributed by atoms with Crippen molar-refractivity contribution in [3.63, 3.8) is 0 Å². The third-order valence-electron chi connectivity index (χ3n) is 6.42. The van der Waals surface area contributed by atoms with E-state index in [4.69, 9.17) is 11.2 Å². The first-order valence-electron chi connectivity index (χ1n) is 11.9. The van der Waals surface area contributed by atoms with Gasteiger partial charge in [0.1, 0.15) is 11.8 Å². The number of methoxy groups -OCH3 is 1. The van der Waals surface area contributed by atoms with Gasteiger partial charge in [-0.05, 0) is 55.6 Å². The number of benzene rings is 1. The molecule has 0 aliphatic carbocycles. The maximum absolute atomic E-state index is 12.6. The van der Waals surface area contributed by atoms with Crippen LogP contribution in [0, 0.1) is 18.3 Å². The van der Waals surface area contributed by atoms with Crippen molar-refractivity contribution in [1.29, 1.82) is 0 Å². The molecular formula is C27H32N6O2. The predicted octanol–water partition coefficient (Wildman–Crippen LogP) is 3.37. The van der Waals surface area contributed by atoms with Crippen LogP contribution in [0.25, 0.3) is 5.52 Å². The van der Waals surface area contributed by atoms with Crippen LogP contribution in [-0.2, 0) is 16.1 Å². The van der Waals surface area contributed by atoms with Gasteiger partial charge in [-0.1, -0.05) is 18.1 Å². The van der Waals surface area contributed by atoms with Gasteiger partial charge in [0, 0.05) is 43.1 Å². The summed E-state index contributed by atoms with van der Waals surface area (Å²) in [7, 11) is 1.46. The molecule has 0 saturated carbocycles. The van der Waals surface area contributed by atoms with Crippen LogP contribution in [0.15, 0.2) is 55.5 Å². The lowest BCUT2D eigenvalue weighted by Crippen LogP contribution is -2.52. The van der Waals surface area contributed by atoms with E-state index in [1.54, 1.807) is 0 Å². The number of likely N-dealkylation sites (tertiary alicyclic amines) is 1. The quantitative estimate of drug-likeness (QED) is 0.203. The van der Waals surface area contributed by atoms with E-state index in [2.05, 4.69) is 44.2 Å². The Morgan fingerprint density at radius 2 is 2.29 bits per heavy atom. The summed E-state index contributed by atoms with van der Waals surface area (Å²) in [6, 6.07) is 9.83. The lowest BCUT2D eigenvalue weighted by Gasteiger charge is -2.37. The number of piperidine rings is 1. The van der Waals surface area contributed by atoms with Crippen molar-refractivity contribution in [3.8, 4) is 12.3 Å². The normalized spacial score (nSPS) is 18.2. The summed E-state index contributed by atoms with van der Waals surface area (Å²) in [6.45, 7) is 6.83. The summed E-state index contributed by atoms with van der Waals surface area (Å²) < 4.78 is 6.96. The second-order valence-electron chi connectivity index (χ2n) is 8.74. The summed E-state index contributed by atoms with van der Waals surface area (Å²) in [4.78, 5) is 19.4. The zero-order valence-electron chi connectivity index (χ0n) is 20.1. The molecule has 3 heterocycles. The van der Waals surface area contributed by atoms with Crippen molar-refractivity contribution >= 4 is 23.0 Å². The van der Waals surface area contributed by atoms with E-state index in [-0.39, 0.29) is 17.9 Å². The smallest absolute Gasteiger partial charge is 0.311 e. The molecule has 0 bridgehead atoms. The maximum Gasteiger partial charge on any atom is 0.311 e. The van der Waals surface area contributed by atoms with Gasteiger partial charge in [0.05, 0.1) is 13.0 Å². The number of ether oxygens (including phenoxy) is 1. The fraction of sp³-hybridized carbons (Fsp3) is 0.370. The number of rotatable bonds is 10. The molecule has 1 aromatic carbocycles. The van der Waals surface area contributed by atoms with Crippen LogP contribution >= 0.6 is 0 Å². The number of carbonyl (C=O) groups excluding carboxylic acids is 1. The van der Waals surface area contributed by atoms with Crippen LogP contribution in [0.3, 0.4) is 0 Å². The molecular weight excluding hydrogens is 440 g/mol. The standard InChI is InChI=1S/C27H32N6O2/c1-4-6-7-13-28-24-12-14-32(18-23(24)27(34)35-3)17-21-11-15-33-25(21)26(29-19-30-33)31-22-10-8-9-20(5-2)16-22/h2,4,8-11,15-16,19,23-24,28H,1,6-7,12-14,17-18H2,3H3,(H,29,30,31)/t23-,24-/m1/s1. The summed E-state index contributed by atoms with van der Waals surface area (Å²) in [5.74, 6) is 2.98. The Hall–Kier alpha value is -3.67. The van der Waals surface area contributed by atoms with Gasteiger partial charge in [0.2, 0.25) is 0 Å². The highest BCUT2D eigenvalue weighted by atomic mass is 16.5. The van der Waals surface area contributed by atoms with Crippen molar-refractivity contribution < 1.29 is 9.53 Å². The van der Waals surface area contributed by atoms with Gasteiger partial charge in [-0.3, -0.25) is 9.69 Å². The fourth-order valence-corrected chi connectivity index (χ4v) is 4.63. The largest absolute Gasteiger partial charge is 0.469 e. The highest BCUT2D eigenvalue weighted by Crippen LogP contribution is 2.27.